The van der Waals surface area contributed by atoms with Gasteiger partial charge in [-0.2, -0.15) is 9.97 Å². The molecule has 0 amide bonds. The van der Waals surface area contributed by atoms with Crippen LogP contribution in [0.15, 0.2) is 6.33 Å². The molecule has 0 aliphatic heterocycles. The number of aliphatic hydroxyl groups excluding tert-OH is 6. The highest BCUT2D eigenvalue weighted by molar-refractivity contribution is 5.81. The van der Waals surface area contributed by atoms with Crippen LogP contribution < -0.4 is 11.1 Å². The number of nitrogens with two attached hydrogens (primary N) is 1. The molecule has 5 atom stereocenters. The number of rotatable bonds is 5. The molecule has 1 aliphatic rings. The first-order chi connectivity index (χ1) is 13.7. The van der Waals surface area contributed by atoms with E-state index in [1.165, 1.54) is 6.33 Å². The van der Waals surface area contributed by atoms with Crippen LogP contribution in [0.1, 0.15) is 6.42 Å². The van der Waals surface area contributed by atoms with Crippen LogP contribution in [0.4, 0.5) is 5.82 Å². The molecule has 0 radical (unpaired) electrons. The largest absolute Gasteiger partial charge is 0.479 e. The fourth-order valence-electron chi connectivity index (χ4n) is 2.99. The summed E-state index contributed by atoms with van der Waals surface area (Å²) in [5.74, 6) is 0.175. The molecule has 0 unspecified atom stereocenters. The minimum Gasteiger partial charge on any atom is -0.479 e. The van der Waals surface area contributed by atoms with E-state index in [2.05, 4.69) is 25.3 Å². The second-order valence-electron chi connectivity index (χ2n) is 6.74. The van der Waals surface area contributed by atoms with Gasteiger partial charge in [0, 0.05) is 6.04 Å². The first-order valence-corrected chi connectivity index (χ1v) is 8.67. The summed E-state index contributed by atoms with van der Waals surface area (Å²) in [4.78, 5) is 13.7. The fourth-order valence-corrected chi connectivity index (χ4v) is 2.99. The minimum atomic E-state index is -1.94. The number of nitrogens with zero attached hydrogens (tertiary/aromatic N) is 3. The van der Waals surface area contributed by atoms with Gasteiger partial charge in [0.1, 0.15) is 23.3 Å². The van der Waals surface area contributed by atoms with Crippen molar-refractivity contribution in [2.24, 2.45) is 0 Å². The summed E-state index contributed by atoms with van der Waals surface area (Å²) in [6, 6.07) is -1.95. The average Bonchev–Trinajstić information content (AvgIpc) is 3.17. The van der Waals surface area contributed by atoms with Crippen molar-refractivity contribution in [1.82, 2.24) is 25.3 Å². The number of aromatic hydroxyl groups is 1. The van der Waals surface area contributed by atoms with Crippen LogP contribution in [0.25, 0.3) is 11.2 Å². The Labute approximate surface area is 164 Å². The van der Waals surface area contributed by atoms with E-state index in [0.717, 1.165) is 0 Å². The number of nitrogen functional groups attached to an aromatic ring is 1. The third kappa shape index (κ3) is 5.06. The van der Waals surface area contributed by atoms with E-state index < -0.39 is 55.8 Å². The van der Waals surface area contributed by atoms with E-state index in [4.69, 9.17) is 26.2 Å². The maximum atomic E-state index is 9.93. The van der Waals surface area contributed by atoms with Crippen molar-refractivity contribution in [3.05, 3.63) is 6.33 Å². The Morgan fingerprint density at radius 3 is 2.41 bits per heavy atom. The molecule has 0 aromatic carbocycles. The zero-order valence-corrected chi connectivity index (χ0v) is 15.3. The van der Waals surface area contributed by atoms with Gasteiger partial charge in [-0.05, 0) is 6.42 Å². The van der Waals surface area contributed by atoms with Gasteiger partial charge in [-0.3, -0.25) is 0 Å². The zero-order chi connectivity index (χ0) is 21.8. The van der Waals surface area contributed by atoms with Crippen LogP contribution in [0.5, 0.6) is 6.01 Å². The number of hydrogen-bond acceptors (Lipinski definition) is 13. The molecule has 2 aromatic heterocycles. The number of hydrogen-bond donors (Lipinski definition) is 11. The highest BCUT2D eigenvalue weighted by Crippen LogP contribution is 2.29. The maximum Gasteiger partial charge on any atom is 0.317 e. The van der Waals surface area contributed by atoms with E-state index in [0.29, 0.717) is 11.2 Å². The number of fused-ring (bicyclic) bond motifs is 1. The van der Waals surface area contributed by atoms with E-state index in [1.807, 2.05) is 0 Å². The predicted octanol–water partition coefficient (Wildman–Crippen LogP) is -4.85. The summed E-state index contributed by atoms with van der Waals surface area (Å²) >= 11 is 0. The molecule has 14 nitrogen and oxygen atoms in total. The van der Waals surface area contributed by atoms with Gasteiger partial charge in [0.25, 0.3) is 0 Å². The first kappa shape index (κ1) is 23.1. The summed E-state index contributed by atoms with van der Waals surface area (Å²) in [7, 11) is 0. The monoisotopic (exact) mass is 418 g/mol. The quantitative estimate of drug-likeness (QED) is 0.218. The van der Waals surface area contributed by atoms with Crippen LogP contribution in [0, 0.1) is 0 Å². The number of imidazole rings is 1. The Balaban J connectivity index is 0.000000230. The van der Waals surface area contributed by atoms with Crippen LogP contribution >= 0.6 is 0 Å². The molecular formula is C15H26N6O8. The molecule has 12 N–H and O–H groups in total. The van der Waals surface area contributed by atoms with Crippen molar-refractivity contribution >= 4 is 17.0 Å². The van der Waals surface area contributed by atoms with Gasteiger partial charge >= 0.3 is 6.01 Å². The molecule has 164 valence electrons. The zero-order valence-electron chi connectivity index (χ0n) is 15.3. The second kappa shape index (κ2) is 9.55. The molecule has 0 bridgehead atoms. The normalized spacial score (nSPS) is 29.7. The summed E-state index contributed by atoms with van der Waals surface area (Å²) in [6.07, 6.45) is -3.47. The van der Waals surface area contributed by atoms with Crippen LogP contribution in [0.2, 0.25) is 0 Å². The highest BCUT2D eigenvalue weighted by Gasteiger charge is 2.51. The van der Waals surface area contributed by atoms with Crippen molar-refractivity contribution in [2.45, 2.75) is 42.4 Å². The Morgan fingerprint density at radius 2 is 1.83 bits per heavy atom. The van der Waals surface area contributed by atoms with Crippen LogP contribution in [-0.2, 0) is 0 Å². The molecule has 2 heterocycles. The maximum absolute atomic E-state index is 9.93. The molecule has 0 saturated heterocycles. The van der Waals surface area contributed by atoms with Crippen molar-refractivity contribution in [3.63, 3.8) is 0 Å². The molecule has 1 saturated carbocycles. The molecule has 29 heavy (non-hydrogen) atoms. The summed E-state index contributed by atoms with van der Waals surface area (Å²) < 4.78 is 0. The lowest BCUT2D eigenvalue weighted by Gasteiger charge is -2.46. The second-order valence-corrected chi connectivity index (χ2v) is 6.74. The number of aromatic nitrogens is 4. The van der Waals surface area contributed by atoms with Gasteiger partial charge in [-0.15, -0.1) is 0 Å². The fraction of sp³-hybridized carbons (Fsp3) is 0.667. The molecule has 1 aliphatic carbocycles. The molecule has 0 spiro atoms. The summed E-state index contributed by atoms with van der Waals surface area (Å²) in [5, 5.41) is 77.3. The first-order valence-electron chi connectivity index (χ1n) is 8.67. The van der Waals surface area contributed by atoms with Crippen molar-refractivity contribution < 1.29 is 40.9 Å². The van der Waals surface area contributed by atoms with E-state index in [1.54, 1.807) is 0 Å². The summed E-state index contributed by atoms with van der Waals surface area (Å²) in [6.45, 7) is -1.56. The van der Waals surface area contributed by atoms with Gasteiger partial charge in [0.2, 0.25) is 0 Å². The van der Waals surface area contributed by atoms with Crippen LogP contribution in [-0.4, -0.2) is 117 Å². The molecule has 1 fully saturated rings. The Kier molecular flexibility index (Phi) is 7.61. The van der Waals surface area contributed by atoms with Gasteiger partial charge in [0.05, 0.1) is 38.3 Å². The minimum absolute atomic E-state index is 0.175. The molecular weight excluding hydrogens is 392 g/mol. The Bertz CT molecular complexity index is 789. The number of anilines is 1. The average molecular weight is 418 g/mol. The van der Waals surface area contributed by atoms with E-state index in [9.17, 15) is 20.4 Å². The van der Waals surface area contributed by atoms with Gasteiger partial charge in [-0.1, -0.05) is 0 Å². The lowest BCUT2D eigenvalue weighted by Crippen LogP contribution is -2.68. The van der Waals surface area contributed by atoms with E-state index >= 15 is 0 Å². The van der Waals surface area contributed by atoms with Crippen LogP contribution in [0.3, 0.4) is 0 Å². The SMILES string of the molecule is Nc1nc(O)nc2[nH]cnc12.OCC(CO)N[C@H]1C[C@](O)(CO)[C@@H](O)[C@H](O)[C@H]1O. The van der Waals surface area contributed by atoms with Gasteiger partial charge < -0.3 is 56.9 Å². The van der Waals surface area contributed by atoms with Crippen molar-refractivity contribution in [2.75, 3.05) is 25.6 Å². The van der Waals surface area contributed by atoms with Gasteiger partial charge in [0.15, 0.2) is 11.5 Å². The number of aliphatic hydroxyl groups is 7. The van der Waals surface area contributed by atoms with E-state index in [-0.39, 0.29) is 18.2 Å². The standard InChI is InChI=1S/C10H21NO7.C5H5N5O/c12-2-5(3-13)11-6-1-10(18,4-14)9(17)8(16)7(6)15;6-3-2-4(8-1-7-2)10-5(11)9-3/h5-9,11-18H,1-4H2;1H,(H4,6,7,8,9,10,11)/t6-,7-,8+,9-,10-;/m0./s1. The number of nitrogens with one attached hydrogen (secondary N) is 2. The molecule has 2 aromatic rings. The van der Waals surface area contributed by atoms with Crippen molar-refractivity contribution in [3.8, 4) is 6.01 Å². The lowest BCUT2D eigenvalue weighted by molar-refractivity contribution is -0.207. The number of aromatic amines is 1. The third-order valence-corrected chi connectivity index (χ3v) is 4.67. The van der Waals surface area contributed by atoms with Crippen molar-refractivity contribution in [1.29, 1.82) is 0 Å². The highest BCUT2D eigenvalue weighted by atomic mass is 16.4. The molecule has 3 rings (SSSR count). The third-order valence-electron chi connectivity index (χ3n) is 4.67. The smallest absolute Gasteiger partial charge is 0.317 e. The number of H-pyrrole nitrogens is 1. The Hall–Kier alpha value is -2.17. The van der Waals surface area contributed by atoms with Gasteiger partial charge in [-0.25, -0.2) is 4.98 Å². The molecule has 14 heteroatoms. The Morgan fingerprint density at radius 1 is 1.17 bits per heavy atom. The predicted molar refractivity (Wildman–Crippen MR) is 97.3 cm³/mol. The topological polar surface area (TPSA) is 254 Å². The lowest BCUT2D eigenvalue weighted by atomic mass is 9.76. The summed E-state index contributed by atoms with van der Waals surface area (Å²) in [5.41, 5.74) is 4.38.